The van der Waals surface area contributed by atoms with Gasteiger partial charge in [0, 0.05) is 7.05 Å². The van der Waals surface area contributed by atoms with Gasteiger partial charge in [-0.05, 0) is 31.9 Å². The smallest absolute Gasteiger partial charge is 0.132 e. The molecule has 1 aromatic heterocycles. The summed E-state index contributed by atoms with van der Waals surface area (Å²) in [5.41, 5.74) is 2.50. The second-order valence-electron chi connectivity index (χ2n) is 3.30. The normalized spacial score (nSPS) is 15.2. The number of aryl methyl sites for hydroxylation is 1. The van der Waals surface area contributed by atoms with Crippen molar-refractivity contribution in [2.24, 2.45) is 7.05 Å². The van der Waals surface area contributed by atoms with Crippen LogP contribution in [0.3, 0.4) is 0 Å². The Morgan fingerprint density at radius 2 is 2.38 bits per heavy atom. The fraction of sp³-hybridized carbons (Fsp3) is 0.364. The van der Waals surface area contributed by atoms with Gasteiger partial charge >= 0.3 is 0 Å². The maximum Gasteiger partial charge on any atom is 0.132 e. The number of fused-ring (bicyclic) bond motifs is 1. The third kappa shape index (κ3) is 1.32. The quantitative estimate of drug-likeness (QED) is 0.639. The first-order chi connectivity index (χ1) is 6.33. The highest BCUT2D eigenvalue weighted by molar-refractivity contribution is 5.55. The zero-order chi connectivity index (χ0) is 9.26. The third-order valence-corrected chi connectivity index (χ3v) is 2.39. The summed E-state index contributed by atoms with van der Waals surface area (Å²) < 4.78 is 2.14. The molecule has 1 heterocycles. The van der Waals surface area contributed by atoms with Crippen LogP contribution in [-0.2, 0) is 13.5 Å². The first-order valence-corrected chi connectivity index (χ1v) is 4.67. The van der Waals surface area contributed by atoms with Gasteiger partial charge in [-0.2, -0.15) is 0 Å². The number of aromatic nitrogens is 2. The predicted molar refractivity (Wildman–Crippen MR) is 55.3 cm³/mol. The molecule has 0 N–H and O–H groups in total. The summed E-state index contributed by atoms with van der Waals surface area (Å²) >= 11 is 0. The van der Waals surface area contributed by atoms with E-state index in [0.717, 1.165) is 18.7 Å². The van der Waals surface area contributed by atoms with E-state index in [1.807, 2.05) is 19.1 Å². The van der Waals surface area contributed by atoms with E-state index in [9.17, 15) is 0 Å². The van der Waals surface area contributed by atoms with Crippen LogP contribution in [0.4, 0.5) is 0 Å². The van der Waals surface area contributed by atoms with Gasteiger partial charge in [0.15, 0.2) is 0 Å². The van der Waals surface area contributed by atoms with Crippen molar-refractivity contribution in [1.29, 1.82) is 0 Å². The van der Waals surface area contributed by atoms with Crippen LogP contribution in [0.25, 0.3) is 12.2 Å². The van der Waals surface area contributed by atoms with Gasteiger partial charge in [0.05, 0.1) is 11.4 Å². The lowest BCUT2D eigenvalue weighted by Gasteiger charge is -2.04. The van der Waals surface area contributed by atoms with E-state index in [1.165, 1.54) is 11.4 Å². The van der Waals surface area contributed by atoms with Crippen LogP contribution in [0.1, 0.15) is 30.6 Å². The Labute approximate surface area is 78.6 Å². The van der Waals surface area contributed by atoms with Gasteiger partial charge in [-0.25, -0.2) is 4.98 Å². The van der Waals surface area contributed by atoms with E-state index in [2.05, 4.69) is 28.8 Å². The summed E-state index contributed by atoms with van der Waals surface area (Å²) in [6, 6.07) is 0. The first kappa shape index (κ1) is 8.30. The molecule has 0 fully saturated rings. The summed E-state index contributed by atoms with van der Waals surface area (Å²) in [5, 5.41) is 0. The fourth-order valence-electron chi connectivity index (χ4n) is 1.69. The number of allylic oxidation sites excluding steroid dienone is 2. The molecule has 1 aromatic rings. The summed E-state index contributed by atoms with van der Waals surface area (Å²) in [4.78, 5) is 4.56. The number of rotatable bonds is 1. The maximum atomic E-state index is 4.56. The molecule has 2 heteroatoms. The Morgan fingerprint density at radius 3 is 3.08 bits per heavy atom. The van der Waals surface area contributed by atoms with E-state index < -0.39 is 0 Å². The van der Waals surface area contributed by atoms with Crippen molar-refractivity contribution in [1.82, 2.24) is 9.55 Å². The second-order valence-corrected chi connectivity index (χ2v) is 3.30. The summed E-state index contributed by atoms with van der Waals surface area (Å²) in [5.74, 6) is 1.05. The van der Waals surface area contributed by atoms with Crippen LogP contribution >= 0.6 is 0 Å². The molecule has 2 rings (SSSR count). The van der Waals surface area contributed by atoms with Crippen molar-refractivity contribution in [3.63, 3.8) is 0 Å². The average molecular weight is 174 g/mol. The van der Waals surface area contributed by atoms with Crippen molar-refractivity contribution in [3.8, 4) is 0 Å². The van der Waals surface area contributed by atoms with Crippen LogP contribution in [0.15, 0.2) is 12.2 Å². The molecule has 0 atom stereocenters. The second kappa shape index (κ2) is 3.21. The zero-order valence-corrected chi connectivity index (χ0v) is 8.12. The molecule has 0 saturated carbocycles. The van der Waals surface area contributed by atoms with Gasteiger partial charge in [0.25, 0.3) is 0 Å². The van der Waals surface area contributed by atoms with E-state index in [-0.39, 0.29) is 0 Å². The van der Waals surface area contributed by atoms with E-state index in [0.29, 0.717) is 0 Å². The molecule has 2 nitrogen and oxygen atoms in total. The van der Waals surface area contributed by atoms with E-state index >= 15 is 0 Å². The Balaban J connectivity index is 2.52. The lowest BCUT2D eigenvalue weighted by atomic mass is 10.1. The Morgan fingerprint density at radius 1 is 1.54 bits per heavy atom. The van der Waals surface area contributed by atoms with Crippen LogP contribution in [0, 0.1) is 0 Å². The Bertz CT molecular complexity index is 370. The van der Waals surface area contributed by atoms with Crippen LogP contribution in [0.2, 0.25) is 0 Å². The van der Waals surface area contributed by atoms with Crippen LogP contribution < -0.4 is 0 Å². The number of hydrogen-bond donors (Lipinski definition) is 0. The molecule has 0 aliphatic heterocycles. The summed E-state index contributed by atoms with van der Waals surface area (Å²) in [6.45, 7) is 2.02. The minimum atomic E-state index is 1.05. The van der Waals surface area contributed by atoms with Crippen molar-refractivity contribution in [2.45, 2.75) is 19.8 Å². The molecule has 68 valence electrons. The largest absolute Gasteiger partial charge is 0.328 e. The molecule has 0 unspecified atom stereocenters. The highest BCUT2D eigenvalue weighted by Gasteiger charge is 2.12. The van der Waals surface area contributed by atoms with E-state index in [4.69, 9.17) is 0 Å². The highest BCUT2D eigenvalue weighted by Crippen LogP contribution is 2.19. The van der Waals surface area contributed by atoms with Gasteiger partial charge < -0.3 is 4.57 Å². The van der Waals surface area contributed by atoms with Crippen LogP contribution in [-0.4, -0.2) is 9.55 Å². The maximum absolute atomic E-state index is 4.56. The fourth-order valence-corrected chi connectivity index (χ4v) is 1.69. The van der Waals surface area contributed by atoms with Crippen molar-refractivity contribution >= 4 is 12.2 Å². The molecule has 0 aromatic carbocycles. The van der Waals surface area contributed by atoms with Crippen molar-refractivity contribution in [3.05, 3.63) is 29.4 Å². The van der Waals surface area contributed by atoms with Crippen LogP contribution in [0.5, 0.6) is 0 Å². The molecule has 1 aliphatic rings. The summed E-state index contributed by atoms with van der Waals surface area (Å²) in [7, 11) is 2.07. The zero-order valence-electron chi connectivity index (χ0n) is 8.12. The molecule has 1 aliphatic carbocycles. The van der Waals surface area contributed by atoms with Gasteiger partial charge in [-0.15, -0.1) is 0 Å². The van der Waals surface area contributed by atoms with Gasteiger partial charge in [0.2, 0.25) is 0 Å². The third-order valence-electron chi connectivity index (χ3n) is 2.39. The minimum Gasteiger partial charge on any atom is -0.328 e. The number of imidazole rings is 1. The summed E-state index contributed by atoms with van der Waals surface area (Å²) in [6.07, 6.45) is 10.7. The minimum absolute atomic E-state index is 1.05. The van der Waals surface area contributed by atoms with Gasteiger partial charge in [-0.3, -0.25) is 0 Å². The topological polar surface area (TPSA) is 17.8 Å². The Kier molecular flexibility index (Phi) is 2.05. The SMILES string of the molecule is C/C=C/c1nc2c(n1C)C=CCC2. The molecular formula is C11H14N2. The molecule has 0 amide bonds. The lowest BCUT2D eigenvalue weighted by Crippen LogP contribution is -1.97. The van der Waals surface area contributed by atoms with Gasteiger partial charge in [0.1, 0.15) is 5.82 Å². The lowest BCUT2D eigenvalue weighted by molar-refractivity contribution is 0.876. The Hall–Kier alpha value is -1.31. The van der Waals surface area contributed by atoms with E-state index in [1.54, 1.807) is 0 Å². The predicted octanol–water partition coefficient (Wildman–Crippen LogP) is 2.41. The highest BCUT2D eigenvalue weighted by atomic mass is 15.1. The molecule has 0 spiro atoms. The van der Waals surface area contributed by atoms with Crippen molar-refractivity contribution in [2.75, 3.05) is 0 Å². The monoisotopic (exact) mass is 174 g/mol. The molecule has 0 radical (unpaired) electrons. The molecule has 0 saturated heterocycles. The number of nitrogens with zero attached hydrogens (tertiary/aromatic N) is 2. The van der Waals surface area contributed by atoms with Crippen molar-refractivity contribution < 1.29 is 0 Å². The molecule has 0 bridgehead atoms. The first-order valence-electron chi connectivity index (χ1n) is 4.67. The molecule has 13 heavy (non-hydrogen) atoms. The average Bonchev–Trinajstić information content (AvgIpc) is 2.46. The standard InChI is InChI=1S/C11H14N2/c1-3-6-11-12-9-7-4-5-8-10(9)13(11)2/h3,5-6,8H,4,7H2,1-2H3/b6-3+. The van der Waals surface area contributed by atoms with Gasteiger partial charge in [-0.1, -0.05) is 12.2 Å². The number of hydrogen-bond acceptors (Lipinski definition) is 1. The molecular weight excluding hydrogens is 160 g/mol.